The Hall–Kier alpha value is -1.86. The van der Waals surface area contributed by atoms with Gasteiger partial charge in [0.05, 0.1) is 24.8 Å². The molecule has 1 aromatic heterocycles. The van der Waals surface area contributed by atoms with Crippen LogP contribution in [-0.2, 0) is 21.4 Å². The standard InChI is InChI=1S/C12H15N3O3S/c1-2-18-8-10-5-3-4-6-11(10)15-19(16,17)12-7-13-9-14-12/h3-7,9,15H,2,8H2,1H3,(H,13,14). The van der Waals surface area contributed by atoms with Gasteiger partial charge in [0.15, 0.2) is 5.03 Å². The number of hydrogen-bond donors (Lipinski definition) is 2. The lowest BCUT2D eigenvalue weighted by Gasteiger charge is -2.11. The first-order valence-corrected chi connectivity index (χ1v) is 7.28. The molecule has 19 heavy (non-hydrogen) atoms. The van der Waals surface area contributed by atoms with Gasteiger partial charge in [-0.1, -0.05) is 18.2 Å². The van der Waals surface area contributed by atoms with E-state index in [1.54, 1.807) is 12.1 Å². The molecule has 0 aliphatic rings. The van der Waals surface area contributed by atoms with Gasteiger partial charge in [-0.2, -0.15) is 8.42 Å². The summed E-state index contributed by atoms with van der Waals surface area (Å²) in [6, 6.07) is 7.12. The van der Waals surface area contributed by atoms with Crippen LogP contribution in [0.2, 0.25) is 0 Å². The summed E-state index contributed by atoms with van der Waals surface area (Å²) in [7, 11) is -3.64. The van der Waals surface area contributed by atoms with Crippen LogP contribution in [0, 0.1) is 0 Å². The number of ether oxygens (including phenoxy) is 1. The molecule has 2 rings (SSSR count). The summed E-state index contributed by atoms with van der Waals surface area (Å²) >= 11 is 0. The Balaban J connectivity index is 2.24. The Bertz CT molecular complexity index is 623. The minimum absolute atomic E-state index is 0.0266. The summed E-state index contributed by atoms with van der Waals surface area (Å²) in [5, 5.41) is 0.0266. The van der Waals surface area contributed by atoms with Crippen molar-refractivity contribution in [2.45, 2.75) is 18.6 Å². The number of rotatable bonds is 6. The van der Waals surface area contributed by atoms with Gasteiger partial charge in [-0.05, 0) is 13.0 Å². The quantitative estimate of drug-likeness (QED) is 0.844. The van der Waals surface area contributed by atoms with E-state index in [9.17, 15) is 8.42 Å². The van der Waals surface area contributed by atoms with Crippen molar-refractivity contribution in [3.63, 3.8) is 0 Å². The van der Waals surface area contributed by atoms with Crippen LogP contribution in [0.5, 0.6) is 0 Å². The van der Waals surface area contributed by atoms with Gasteiger partial charge in [0.2, 0.25) is 0 Å². The third-order valence-electron chi connectivity index (χ3n) is 2.49. The molecule has 7 heteroatoms. The first kappa shape index (κ1) is 13.6. The monoisotopic (exact) mass is 281 g/mol. The molecule has 0 fully saturated rings. The van der Waals surface area contributed by atoms with Crippen molar-refractivity contribution >= 4 is 15.7 Å². The summed E-state index contributed by atoms with van der Waals surface area (Å²) in [5.74, 6) is 0. The Labute approximate surface area is 111 Å². The van der Waals surface area contributed by atoms with Gasteiger partial charge in [0, 0.05) is 12.2 Å². The maximum Gasteiger partial charge on any atom is 0.278 e. The molecule has 0 saturated heterocycles. The van der Waals surface area contributed by atoms with Crippen LogP contribution >= 0.6 is 0 Å². The Morgan fingerprint density at radius 2 is 2.16 bits per heavy atom. The molecule has 0 amide bonds. The molecule has 1 heterocycles. The smallest absolute Gasteiger partial charge is 0.278 e. The zero-order valence-corrected chi connectivity index (χ0v) is 11.3. The summed E-state index contributed by atoms with van der Waals surface area (Å²) < 4.78 is 32.0. The number of nitrogens with zero attached hydrogens (tertiary/aromatic N) is 1. The summed E-state index contributed by atoms with van der Waals surface area (Å²) in [5.41, 5.74) is 1.29. The molecule has 0 radical (unpaired) electrons. The number of nitrogens with one attached hydrogen (secondary N) is 2. The predicted octanol–water partition coefficient (Wildman–Crippen LogP) is 1.75. The van der Waals surface area contributed by atoms with Crippen LogP contribution in [0.15, 0.2) is 41.8 Å². The van der Waals surface area contributed by atoms with Crippen molar-refractivity contribution in [2.75, 3.05) is 11.3 Å². The van der Waals surface area contributed by atoms with E-state index in [4.69, 9.17) is 4.74 Å². The van der Waals surface area contributed by atoms with Crippen molar-refractivity contribution < 1.29 is 13.2 Å². The first-order chi connectivity index (χ1) is 9.13. The summed E-state index contributed by atoms with van der Waals surface area (Å²) in [6.45, 7) is 2.82. The highest BCUT2D eigenvalue weighted by molar-refractivity contribution is 7.92. The van der Waals surface area contributed by atoms with Crippen LogP contribution in [0.4, 0.5) is 5.69 Å². The van der Waals surface area contributed by atoms with Crippen molar-refractivity contribution in [1.82, 2.24) is 9.97 Å². The minimum atomic E-state index is -3.64. The fourth-order valence-electron chi connectivity index (χ4n) is 1.55. The molecular formula is C12H15N3O3S. The second kappa shape index (κ2) is 5.85. The molecule has 0 saturated carbocycles. The van der Waals surface area contributed by atoms with Crippen molar-refractivity contribution in [3.8, 4) is 0 Å². The molecule has 0 bridgehead atoms. The molecule has 1 aromatic carbocycles. The van der Waals surface area contributed by atoms with Gasteiger partial charge in [-0.15, -0.1) is 0 Å². The lowest BCUT2D eigenvalue weighted by Crippen LogP contribution is -2.14. The Morgan fingerprint density at radius 1 is 1.37 bits per heavy atom. The number of benzene rings is 1. The summed E-state index contributed by atoms with van der Waals surface area (Å²) in [6.07, 6.45) is 2.58. The largest absolute Gasteiger partial charge is 0.377 e. The second-order valence-corrected chi connectivity index (χ2v) is 5.47. The number of aromatic nitrogens is 2. The van der Waals surface area contributed by atoms with E-state index in [-0.39, 0.29) is 5.03 Å². The molecule has 0 unspecified atom stereocenters. The highest BCUT2D eigenvalue weighted by atomic mass is 32.2. The zero-order valence-electron chi connectivity index (χ0n) is 10.5. The fourth-order valence-corrected chi connectivity index (χ4v) is 2.55. The van der Waals surface area contributed by atoms with Gasteiger partial charge >= 0.3 is 0 Å². The second-order valence-electron chi connectivity index (χ2n) is 3.82. The predicted molar refractivity (Wildman–Crippen MR) is 71.2 cm³/mol. The number of imidazole rings is 1. The molecule has 2 N–H and O–H groups in total. The van der Waals surface area contributed by atoms with E-state index in [1.807, 2.05) is 19.1 Å². The van der Waals surface area contributed by atoms with E-state index < -0.39 is 10.0 Å². The number of sulfonamides is 1. The Morgan fingerprint density at radius 3 is 2.84 bits per heavy atom. The SMILES string of the molecule is CCOCc1ccccc1NS(=O)(=O)c1cnc[nH]1. The van der Waals surface area contributed by atoms with Gasteiger partial charge in [0.25, 0.3) is 10.0 Å². The van der Waals surface area contributed by atoms with E-state index >= 15 is 0 Å². The van der Waals surface area contributed by atoms with Gasteiger partial charge in [0.1, 0.15) is 0 Å². The third kappa shape index (κ3) is 3.33. The van der Waals surface area contributed by atoms with Crippen LogP contribution < -0.4 is 4.72 Å². The average molecular weight is 281 g/mol. The van der Waals surface area contributed by atoms with Gasteiger partial charge < -0.3 is 9.72 Å². The molecule has 2 aromatic rings. The zero-order chi connectivity index (χ0) is 13.7. The van der Waals surface area contributed by atoms with Crippen LogP contribution in [0.25, 0.3) is 0 Å². The van der Waals surface area contributed by atoms with E-state index in [2.05, 4.69) is 14.7 Å². The topological polar surface area (TPSA) is 84.1 Å². The van der Waals surface area contributed by atoms with Crippen molar-refractivity contribution in [3.05, 3.63) is 42.4 Å². The van der Waals surface area contributed by atoms with Crippen LogP contribution in [-0.4, -0.2) is 25.0 Å². The molecule has 102 valence electrons. The third-order valence-corrected chi connectivity index (χ3v) is 3.78. The number of H-pyrrole nitrogens is 1. The number of anilines is 1. The minimum Gasteiger partial charge on any atom is -0.377 e. The van der Waals surface area contributed by atoms with E-state index in [1.165, 1.54) is 12.5 Å². The van der Waals surface area contributed by atoms with Crippen molar-refractivity contribution in [2.24, 2.45) is 0 Å². The molecule has 0 aliphatic heterocycles. The molecular weight excluding hydrogens is 266 g/mol. The first-order valence-electron chi connectivity index (χ1n) is 5.80. The van der Waals surface area contributed by atoms with E-state index in [0.29, 0.717) is 18.9 Å². The number of para-hydroxylation sites is 1. The van der Waals surface area contributed by atoms with Crippen LogP contribution in [0.1, 0.15) is 12.5 Å². The summed E-state index contributed by atoms with van der Waals surface area (Å²) in [4.78, 5) is 6.27. The van der Waals surface area contributed by atoms with Crippen molar-refractivity contribution in [1.29, 1.82) is 0 Å². The highest BCUT2D eigenvalue weighted by Gasteiger charge is 2.16. The number of hydrogen-bond acceptors (Lipinski definition) is 4. The van der Waals surface area contributed by atoms with Crippen LogP contribution in [0.3, 0.4) is 0 Å². The molecule has 0 spiro atoms. The lowest BCUT2D eigenvalue weighted by molar-refractivity contribution is 0.134. The molecule has 0 atom stereocenters. The number of aromatic amines is 1. The lowest BCUT2D eigenvalue weighted by atomic mass is 10.2. The average Bonchev–Trinajstić information content (AvgIpc) is 2.92. The van der Waals surface area contributed by atoms with Gasteiger partial charge in [-0.25, -0.2) is 4.98 Å². The van der Waals surface area contributed by atoms with Gasteiger partial charge in [-0.3, -0.25) is 4.72 Å². The molecule has 0 aliphatic carbocycles. The Kier molecular flexibility index (Phi) is 4.18. The maximum atomic E-state index is 12.1. The van der Waals surface area contributed by atoms with E-state index in [0.717, 1.165) is 5.56 Å². The fraction of sp³-hybridized carbons (Fsp3) is 0.250. The maximum absolute atomic E-state index is 12.1. The normalized spacial score (nSPS) is 11.4. The molecule has 6 nitrogen and oxygen atoms in total. The highest BCUT2D eigenvalue weighted by Crippen LogP contribution is 2.19.